The summed E-state index contributed by atoms with van der Waals surface area (Å²) >= 11 is 0. The zero-order valence-corrected chi connectivity index (χ0v) is 16.6. The van der Waals surface area contributed by atoms with E-state index in [0.29, 0.717) is 28.2 Å². The molecule has 4 rings (SSSR count). The molecule has 7 nitrogen and oxygen atoms in total. The van der Waals surface area contributed by atoms with Crippen LogP contribution in [-0.4, -0.2) is 45.1 Å². The first-order valence-electron chi connectivity index (χ1n) is 9.18. The Hall–Kier alpha value is -3.94. The second-order valence-electron chi connectivity index (χ2n) is 6.89. The van der Waals surface area contributed by atoms with Gasteiger partial charge in [-0.25, -0.2) is 9.37 Å². The van der Waals surface area contributed by atoms with Gasteiger partial charge in [-0.2, -0.15) is 0 Å². The molecule has 2 heterocycles. The standard InChI is InChI=1S/C22H18FN5O2.H2/c1-13-19(21-27-26-20(30-21)15-8-10-17(23)11-9-15)25-18(12-24-13)14-4-6-16(7-5-14)22(29)28(2)3;/h4-12H,1-3H3;1H. The van der Waals surface area contributed by atoms with Crippen LogP contribution < -0.4 is 0 Å². The quantitative estimate of drug-likeness (QED) is 0.504. The third kappa shape index (κ3) is 3.80. The SMILES string of the molecule is Cc1ncc(-c2ccc(C(=O)N(C)C)cc2)nc1-c1nnc(-c2ccc(F)cc2)o1.[HH]. The lowest BCUT2D eigenvalue weighted by molar-refractivity contribution is 0.0827. The monoisotopic (exact) mass is 405 g/mol. The van der Waals surface area contributed by atoms with E-state index < -0.39 is 0 Å². The van der Waals surface area contributed by atoms with Gasteiger partial charge >= 0.3 is 0 Å². The van der Waals surface area contributed by atoms with Crippen LogP contribution in [0.2, 0.25) is 0 Å². The fourth-order valence-electron chi connectivity index (χ4n) is 2.86. The fraction of sp³-hybridized carbons (Fsp3) is 0.136. The van der Waals surface area contributed by atoms with Gasteiger partial charge in [0.05, 0.1) is 17.6 Å². The summed E-state index contributed by atoms with van der Waals surface area (Å²) in [6.07, 6.45) is 1.65. The number of rotatable bonds is 4. The summed E-state index contributed by atoms with van der Waals surface area (Å²) in [5.74, 6) is 0.0753. The van der Waals surface area contributed by atoms with Gasteiger partial charge in [-0.1, -0.05) is 12.1 Å². The molecule has 0 aliphatic carbocycles. The molecular weight excluding hydrogens is 385 g/mol. The lowest BCUT2D eigenvalue weighted by atomic mass is 10.1. The summed E-state index contributed by atoms with van der Waals surface area (Å²) in [6, 6.07) is 12.9. The summed E-state index contributed by atoms with van der Waals surface area (Å²) < 4.78 is 18.9. The van der Waals surface area contributed by atoms with E-state index in [1.54, 1.807) is 51.5 Å². The average Bonchev–Trinajstić information content (AvgIpc) is 3.24. The van der Waals surface area contributed by atoms with Gasteiger partial charge in [0, 0.05) is 32.2 Å². The lowest BCUT2D eigenvalue weighted by Crippen LogP contribution is -2.21. The number of amides is 1. The zero-order chi connectivity index (χ0) is 21.3. The van der Waals surface area contributed by atoms with E-state index in [1.807, 2.05) is 12.1 Å². The van der Waals surface area contributed by atoms with Crippen LogP contribution in [0.3, 0.4) is 0 Å². The van der Waals surface area contributed by atoms with Crippen molar-refractivity contribution in [2.24, 2.45) is 0 Å². The highest BCUT2D eigenvalue weighted by Crippen LogP contribution is 2.27. The van der Waals surface area contributed by atoms with Crippen LogP contribution in [0.1, 0.15) is 17.5 Å². The first-order chi connectivity index (χ1) is 14.4. The van der Waals surface area contributed by atoms with Gasteiger partial charge < -0.3 is 9.32 Å². The topological polar surface area (TPSA) is 85.0 Å². The molecule has 0 saturated carbocycles. The average molecular weight is 405 g/mol. The van der Waals surface area contributed by atoms with E-state index in [0.717, 1.165) is 5.56 Å². The van der Waals surface area contributed by atoms with Crippen molar-refractivity contribution >= 4 is 5.91 Å². The lowest BCUT2D eigenvalue weighted by Gasteiger charge is -2.10. The Morgan fingerprint density at radius 3 is 2.27 bits per heavy atom. The minimum atomic E-state index is -0.341. The predicted octanol–water partition coefficient (Wildman–Crippen LogP) is 4.26. The number of hydrogen-bond acceptors (Lipinski definition) is 6. The largest absolute Gasteiger partial charge is 0.415 e. The van der Waals surface area contributed by atoms with E-state index in [1.165, 1.54) is 17.0 Å². The molecule has 0 fully saturated rings. The van der Waals surface area contributed by atoms with Crippen LogP contribution in [0.25, 0.3) is 34.3 Å². The van der Waals surface area contributed by atoms with Gasteiger partial charge in [0.2, 0.25) is 5.89 Å². The van der Waals surface area contributed by atoms with Crippen molar-refractivity contribution in [3.05, 3.63) is 71.8 Å². The molecule has 0 radical (unpaired) electrons. The first-order valence-corrected chi connectivity index (χ1v) is 9.18. The van der Waals surface area contributed by atoms with E-state index in [2.05, 4.69) is 20.2 Å². The summed E-state index contributed by atoms with van der Waals surface area (Å²) in [5, 5.41) is 8.11. The molecule has 0 N–H and O–H groups in total. The first kappa shape index (κ1) is 19.4. The van der Waals surface area contributed by atoms with Crippen molar-refractivity contribution in [2.75, 3.05) is 14.1 Å². The molecule has 2 aromatic carbocycles. The van der Waals surface area contributed by atoms with Crippen molar-refractivity contribution in [3.8, 4) is 34.3 Å². The summed E-state index contributed by atoms with van der Waals surface area (Å²) in [7, 11) is 3.41. The maximum atomic E-state index is 13.1. The highest BCUT2D eigenvalue weighted by atomic mass is 19.1. The Morgan fingerprint density at radius 1 is 0.967 bits per heavy atom. The molecule has 0 spiro atoms. The highest BCUT2D eigenvalue weighted by molar-refractivity contribution is 5.94. The van der Waals surface area contributed by atoms with Crippen molar-refractivity contribution in [3.63, 3.8) is 0 Å². The molecule has 152 valence electrons. The van der Waals surface area contributed by atoms with E-state index in [-0.39, 0.29) is 24.9 Å². The van der Waals surface area contributed by atoms with Crippen molar-refractivity contribution in [2.45, 2.75) is 6.92 Å². The molecule has 0 aliphatic heterocycles. The molecule has 0 bridgehead atoms. The molecule has 0 unspecified atom stereocenters. The normalized spacial score (nSPS) is 10.8. The Morgan fingerprint density at radius 2 is 1.60 bits per heavy atom. The summed E-state index contributed by atoms with van der Waals surface area (Å²) in [6.45, 7) is 1.80. The number of aromatic nitrogens is 4. The van der Waals surface area contributed by atoms with Gasteiger partial charge in [0.1, 0.15) is 11.5 Å². The van der Waals surface area contributed by atoms with E-state index in [9.17, 15) is 9.18 Å². The maximum Gasteiger partial charge on any atom is 0.268 e. The molecule has 0 saturated heterocycles. The van der Waals surface area contributed by atoms with Gasteiger partial charge in [-0.3, -0.25) is 9.78 Å². The number of benzene rings is 2. The number of halogens is 1. The Kier molecular flexibility index (Phi) is 5.05. The van der Waals surface area contributed by atoms with Crippen LogP contribution >= 0.6 is 0 Å². The predicted molar refractivity (Wildman–Crippen MR) is 111 cm³/mol. The number of carbonyl (C=O) groups excluding carboxylic acids is 1. The molecule has 0 aliphatic rings. The van der Waals surface area contributed by atoms with E-state index in [4.69, 9.17) is 4.42 Å². The van der Waals surface area contributed by atoms with Crippen molar-refractivity contribution in [1.82, 2.24) is 25.1 Å². The second-order valence-corrected chi connectivity index (χ2v) is 6.89. The van der Waals surface area contributed by atoms with Crippen LogP contribution in [0.15, 0.2) is 59.1 Å². The number of carbonyl (C=O) groups is 1. The van der Waals surface area contributed by atoms with Crippen LogP contribution in [0.4, 0.5) is 4.39 Å². The minimum absolute atomic E-state index is 0. The van der Waals surface area contributed by atoms with Crippen LogP contribution in [-0.2, 0) is 0 Å². The third-order valence-electron chi connectivity index (χ3n) is 4.51. The Balaban J connectivity index is 0.00000272. The molecule has 30 heavy (non-hydrogen) atoms. The summed E-state index contributed by atoms with van der Waals surface area (Å²) in [5.41, 5.74) is 3.70. The van der Waals surface area contributed by atoms with Gasteiger partial charge in [0.15, 0.2) is 0 Å². The third-order valence-corrected chi connectivity index (χ3v) is 4.51. The van der Waals surface area contributed by atoms with Gasteiger partial charge in [-0.05, 0) is 43.3 Å². The van der Waals surface area contributed by atoms with Gasteiger partial charge in [0.25, 0.3) is 11.8 Å². The number of hydrogen-bond donors (Lipinski definition) is 0. The molecule has 0 atom stereocenters. The van der Waals surface area contributed by atoms with Crippen LogP contribution in [0, 0.1) is 12.7 Å². The fourth-order valence-corrected chi connectivity index (χ4v) is 2.86. The molecule has 2 aromatic heterocycles. The molecule has 4 aromatic rings. The number of nitrogens with zero attached hydrogens (tertiary/aromatic N) is 5. The van der Waals surface area contributed by atoms with Gasteiger partial charge in [-0.15, -0.1) is 10.2 Å². The maximum absolute atomic E-state index is 13.1. The van der Waals surface area contributed by atoms with E-state index >= 15 is 0 Å². The molecule has 1 amide bonds. The molecule has 8 heteroatoms. The second kappa shape index (κ2) is 7.82. The zero-order valence-electron chi connectivity index (χ0n) is 16.6. The summed E-state index contributed by atoms with van der Waals surface area (Å²) in [4.78, 5) is 22.6. The van der Waals surface area contributed by atoms with Crippen molar-refractivity contribution in [1.29, 1.82) is 0 Å². The number of aryl methyl sites for hydroxylation is 1. The Bertz CT molecular complexity index is 1210. The molecular formula is C22H20FN5O2. The van der Waals surface area contributed by atoms with Crippen LogP contribution in [0.5, 0.6) is 0 Å². The highest BCUT2D eigenvalue weighted by Gasteiger charge is 2.16. The Labute approximate surface area is 173 Å². The minimum Gasteiger partial charge on any atom is -0.415 e. The smallest absolute Gasteiger partial charge is 0.268 e. The van der Waals surface area contributed by atoms with Crippen molar-refractivity contribution < 1.29 is 15.0 Å².